The maximum absolute atomic E-state index is 12.5. The number of benzene rings is 1. The van der Waals surface area contributed by atoms with Crippen LogP contribution in [0.5, 0.6) is 0 Å². The van der Waals surface area contributed by atoms with Crippen LogP contribution in [0.3, 0.4) is 0 Å². The van der Waals surface area contributed by atoms with Crippen LogP contribution in [0, 0.1) is 11.3 Å². The second kappa shape index (κ2) is 6.94. The molecule has 1 fully saturated rings. The summed E-state index contributed by atoms with van der Waals surface area (Å²) < 4.78 is 0. The summed E-state index contributed by atoms with van der Waals surface area (Å²) in [6, 6.07) is 8.99. The van der Waals surface area contributed by atoms with E-state index in [1.165, 1.54) is 39.3 Å². The lowest BCUT2D eigenvalue weighted by atomic mass is 9.75. The van der Waals surface area contributed by atoms with E-state index in [0.717, 1.165) is 43.8 Å². The number of hydrogen-bond donors (Lipinski definition) is 1. The number of aryl methyl sites for hydroxylation is 1. The minimum atomic E-state index is 0.219. The summed E-state index contributed by atoms with van der Waals surface area (Å²) in [4.78, 5) is 15.1. The van der Waals surface area contributed by atoms with E-state index in [2.05, 4.69) is 43.4 Å². The number of fused-ring (bicyclic) bond motifs is 1. The fourth-order valence-corrected chi connectivity index (χ4v) is 5.88. The van der Waals surface area contributed by atoms with Gasteiger partial charge in [-0.15, -0.1) is 11.3 Å². The zero-order chi connectivity index (χ0) is 18.3. The van der Waals surface area contributed by atoms with Gasteiger partial charge in [0.25, 0.3) is 0 Å². The Kier molecular flexibility index (Phi) is 4.79. The Morgan fingerprint density at radius 1 is 1.27 bits per heavy atom. The number of rotatable bonds is 4. The first-order valence-corrected chi connectivity index (χ1v) is 10.7. The zero-order valence-corrected chi connectivity index (χ0v) is 17.0. The number of carbonyl (C=O) groups is 1. The van der Waals surface area contributed by atoms with Crippen molar-refractivity contribution in [1.82, 2.24) is 5.32 Å². The molecule has 1 N–H and O–H groups in total. The molecule has 0 saturated carbocycles. The Hall–Kier alpha value is -1.45. The largest absolute Gasteiger partial charge is 0.316 e. The molecule has 0 amide bonds. The number of nitrogens with one attached hydrogen (secondary N) is 1. The van der Waals surface area contributed by atoms with E-state index in [9.17, 15) is 4.79 Å². The van der Waals surface area contributed by atoms with E-state index >= 15 is 0 Å². The van der Waals surface area contributed by atoms with E-state index in [-0.39, 0.29) is 5.78 Å². The summed E-state index contributed by atoms with van der Waals surface area (Å²) in [6.07, 6.45) is 5.79. The summed E-state index contributed by atoms with van der Waals surface area (Å²) in [5.74, 6) is 0.987. The second-order valence-corrected chi connectivity index (χ2v) is 9.97. The highest BCUT2D eigenvalue weighted by atomic mass is 32.1. The molecule has 1 unspecified atom stereocenters. The van der Waals surface area contributed by atoms with Gasteiger partial charge in [0, 0.05) is 15.3 Å². The monoisotopic (exact) mass is 367 g/mol. The smallest absolute Gasteiger partial charge is 0.161 e. The first-order chi connectivity index (χ1) is 12.4. The van der Waals surface area contributed by atoms with Gasteiger partial charge in [0.2, 0.25) is 0 Å². The Labute approximate surface area is 161 Å². The van der Waals surface area contributed by atoms with Gasteiger partial charge in [0.15, 0.2) is 5.78 Å². The Bertz CT molecular complexity index is 809. The molecule has 1 aromatic heterocycles. The van der Waals surface area contributed by atoms with Crippen molar-refractivity contribution in [2.45, 2.75) is 52.9 Å². The highest BCUT2D eigenvalue weighted by molar-refractivity contribution is 7.16. The van der Waals surface area contributed by atoms with E-state index < -0.39 is 0 Å². The number of carbonyl (C=O) groups excluding carboxylic acids is 1. The minimum absolute atomic E-state index is 0.219. The van der Waals surface area contributed by atoms with Gasteiger partial charge in [-0.3, -0.25) is 4.79 Å². The van der Waals surface area contributed by atoms with Gasteiger partial charge >= 0.3 is 0 Å². The van der Waals surface area contributed by atoms with Crippen molar-refractivity contribution in [2.24, 2.45) is 11.3 Å². The van der Waals surface area contributed by atoms with E-state index in [0.29, 0.717) is 5.41 Å². The van der Waals surface area contributed by atoms with Crippen LogP contribution in [0.25, 0.3) is 10.4 Å². The van der Waals surface area contributed by atoms with Gasteiger partial charge in [-0.2, -0.15) is 0 Å². The van der Waals surface area contributed by atoms with Gasteiger partial charge in [0.1, 0.15) is 0 Å². The molecule has 2 heterocycles. The normalized spacial score (nSPS) is 21.6. The van der Waals surface area contributed by atoms with Crippen LogP contribution < -0.4 is 5.32 Å². The predicted octanol–water partition coefficient (Wildman–Crippen LogP) is 5.28. The molecule has 0 spiro atoms. The van der Waals surface area contributed by atoms with Crippen molar-refractivity contribution in [3.63, 3.8) is 0 Å². The SMILES string of the molecule is CC(=O)c1c(-c2ccc(CC3CCNC3)cc2)sc2c1CC(C)(C)CC2. The molecular weight excluding hydrogens is 338 g/mol. The third kappa shape index (κ3) is 3.52. The average molecular weight is 368 g/mol. The molecule has 0 bridgehead atoms. The summed E-state index contributed by atoms with van der Waals surface area (Å²) in [6.45, 7) is 8.67. The fourth-order valence-electron chi connectivity index (χ4n) is 4.51. The van der Waals surface area contributed by atoms with Gasteiger partial charge in [0.05, 0.1) is 0 Å². The van der Waals surface area contributed by atoms with Crippen molar-refractivity contribution in [3.8, 4) is 10.4 Å². The summed E-state index contributed by atoms with van der Waals surface area (Å²) in [5, 5.41) is 3.45. The average Bonchev–Trinajstić information content (AvgIpc) is 3.21. The zero-order valence-electron chi connectivity index (χ0n) is 16.2. The van der Waals surface area contributed by atoms with Gasteiger partial charge in [-0.05, 0) is 80.1 Å². The van der Waals surface area contributed by atoms with Gasteiger partial charge < -0.3 is 5.32 Å². The van der Waals surface area contributed by atoms with Gasteiger partial charge in [-0.1, -0.05) is 38.1 Å². The molecule has 26 heavy (non-hydrogen) atoms. The molecule has 1 atom stereocenters. The lowest BCUT2D eigenvalue weighted by Crippen LogP contribution is -2.22. The maximum Gasteiger partial charge on any atom is 0.161 e. The third-order valence-electron chi connectivity index (χ3n) is 6.03. The molecule has 0 radical (unpaired) electrons. The van der Waals surface area contributed by atoms with Crippen molar-refractivity contribution >= 4 is 17.1 Å². The molecule has 2 aromatic rings. The molecule has 138 valence electrons. The predicted molar refractivity (Wildman–Crippen MR) is 110 cm³/mol. The van der Waals surface area contributed by atoms with Crippen molar-refractivity contribution in [2.75, 3.05) is 13.1 Å². The molecule has 1 aliphatic carbocycles. The summed E-state index contributed by atoms with van der Waals surface area (Å²) in [7, 11) is 0. The van der Waals surface area contributed by atoms with Crippen LogP contribution in [0.1, 0.15) is 60.0 Å². The molecule has 1 aromatic carbocycles. The number of Topliss-reactive ketones (excluding diaryl/α,β-unsaturated/α-hetero) is 1. The molecule has 2 nitrogen and oxygen atoms in total. The fraction of sp³-hybridized carbons (Fsp3) is 0.522. The van der Waals surface area contributed by atoms with Crippen LogP contribution in [-0.2, 0) is 19.3 Å². The highest BCUT2D eigenvalue weighted by Crippen LogP contribution is 2.45. The van der Waals surface area contributed by atoms with Crippen LogP contribution in [0.15, 0.2) is 24.3 Å². The summed E-state index contributed by atoms with van der Waals surface area (Å²) in [5.41, 5.74) is 5.24. The standard InChI is InChI=1S/C23H29NOS/c1-15(25)21-19-13-23(2,3)10-8-20(19)26-22(21)18-6-4-16(5-7-18)12-17-9-11-24-14-17/h4-7,17,24H,8-14H2,1-3H3. The Balaban J connectivity index is 1.65. The van der Waals surface area contributed by atoms with E-state index in [4.69, 9.17) is 0 Å². The van der Waals surface area contributed by atoms with Crippen molar-refractivity contribution < 1.29 is 4.79 Å². The van der Waals surface area contributed by atoms with Crippen LogP contribution in [0.4, 0.5) is 0 Å². The molecule has 1 saturated heterocycles. The Morgan fingerprint density at radius 2 is 2.04 bits per heavy atom. The summed E-state index contributed by atoms with van der Waals surface area (Å²) >= 11 is 1.85. The van der Waals surface area contributed by atoms with Crippen LogP contribution in [-0.4, -0.2) is 18.9 Å². The highest BCUT2D eigenvalue weighted by Gasteiger charge is 2.31. The minimum Gasteiger partial charge on any atom is -0.316 e. The second-order valence-electron chi connectivity index (χ2n) is 8.86. The first-order valence-electron chi connectivity index (χ1n) is 9.88. The third-order valence-corrected chi connectivity index (χ3v) is 7.37. The lowest BCUT2D eigenvalue weighted by Gasteiger charge is -2.29. The topological polar surface area (TPSA) is 29.1 Å². The van der Waals surface area contributed by atoms with Crippen molar-refractivity contribution in [1.29, 1.82) is 0 Å². The quantitative estimate of drug-likeness (QED) is 0.745. The van der Waals surface area contributed by atoms with Crippen molar-refractivity contribution in [3.05, 3.63) is 45.8 Å². The molecule has 3 heteroatoms. The van der Waals surface area contributed by atoms with Crippen LogP contribution in [0.2, 0.25) is 0 Å². The van der Waals surface area contributed by atoms with E-state index in [1.807, 2.05) is 11.3 Å². The van der Waals surface area contributed by atoms with Crippen LogP contribution >= 0.6 is 11.3 Å². The number of thiophene rings is 1. The van der Waals surface area contributed by atoms with E-state index in [1.54, 1.807) is 6.92 Å². The number of ketones is 1. The Morgan fingerprint density at radius 3 is 2.69 bits per heavy atom. The molecule has 1 aliphatic heterocycles. The molecule has 4 rings (SSSR count). The maximum atomic E-state index is 12.5. The molecular formula is C23H29NOS. The lowest BCUT2D eigenvalue weighted by molar-refractivity contribution is 0.101. The number of hydrogen-bond acceptors (Lipinski definition) is 3. The molecule has 2 aliphatic rings. The first kappa shape index (κ1) is 17.9. The van der Waals surface area contributed by atoms with Gasteiger partial charge in [-0.25, -0.2) is 0 Å².